The number of alkyl halides is 3. The Morgan fingerprint density at radius 1 is 1.39 bits per heavy atom. The number of halogens is 4. The number of nitrogens with one attached hydrogen (secondary N) is 1. The Labute approximate surface area is 100 Å². The molecule has 0 aromatic heterocycles. The Hall–Kier alpha value is -1.63. The molecule has 0 heterocycles. The average Bonchev–Trinajstić information content (AvgIpc) is 2.23. The predicted octanol–water partition coefficient (Wildman–Crippen LogP) is 2.41. The quantitative estimate of drug-likeness (QED) is 0.822. The monoisotopic (exact) mass is 265 g/mol. The van der Waals surface area contributed by atoms with Gasteiger partial charge in [-0.1, -0.05) is 0 Å². The molecule has 0 saturated carbocycles. The van der Waals surface area contributed by atoms with Gasteiger partial charge in [-0.3, -0.25) is 4.79 Å². The highest BCUT2D eigenvalue weighted by atomic mass is 19.4. The van der Waals surface area contributed by atoms with Crippen molar-refractivity contribution in [2.45, 2.75) is 25.7 Å². The van der Waals surface area contributed by atoms with Crippen molar-refractivity contribution in [1.29, 1.82) is 0 Å². The molecule has 2 N–H and O–H groups in total. The zero-order valence-electron chi connectivity index (χ0n) is 9.38. The topological polar surface area (TPSA) is 49.3 Å². The summed E-state index contributed by atoms with van der Waals surface area (Å²) in [6.45, 7) is 1.18. The lowest BCUT2D eigenvalue weighted by Crippen LogP contribution is -2.33. The van der Waals surface area contributed by atoms with Crippen LogP contribution >= 0.6 is 0 Å². The second-order valence-corrected chi connectivity index (χ2v) is 3.79. The Morgan fingerprint density at radius 2 is 2.00 bits per heavy atom. The molecule has 0 aliphatic heterocycles. The van der Waals surface area contributed by atoms with Crippen LogP contribution in [0.3, 0.4) is 0 Å². The van der Waals surface area contributed by atoms with E-state index in [9.17, 15) is 22.4 Å². The number of carbonyl (C=O) groups is 1. The first-order valence-electron chi connectivity index (χ1n) is 5.03. The molecule has 0 unspecified atom stereocenters. The van der Waals surface area contributed by atoms with Crippen LogP contribution in [0.5, 0.6) is 0 Å². The summed E-state index contributed by atoms with van der Waals surface area (Å²) >= 11 is 0. The fraction of sp³-hybridized carbons (Fsp3) is 0.364. The van der Waals surface area contributed by atoms with Crippen molar-refractivity contribution >= 4 is 5.97 Å². The second kappa shape index (κ2) is 5.34. The van der Waals surface area contributed by atoms with Gasteiger partial charge in [-0.25, -0.2) is 4.39 Å². The highest BCUT2D eigenvalue weighted by molar-refractivity contribution is 5.72. The smallest absolute Gasteiger partial charge is 0.416 e. The van der Waals surface area contributed by atoms with Gasteiger partial charge in [-0.2, -0.15) is 13.2 Å². The average molecular weight is 265 g/mol. The molecule has 0 bridgehead atoms. The Morgan fingerprint density at radius 3 is 2.50 bits per heavy atom. The molecular weight excluding hydrogens is 254 g/mol. The van der Waals surface area contributed by atoms with E-state index < -0.39 is 29.6 Å². The minimum Gasteiger partial charge on any atom is -0.480 e. The molecule has 0 radical (unpaired) electrons. The van der Waals surface area contributed by atoms with E-state index in [1.807, 2.05) is 0 Å². The van der Waals surface area contributed by atoms with Crippen LogP contribution in [0.4, 0.5) is 17.6 Å². The van der Waals surface area contributed by atoms with Crippen LogP contribution in [0.25, 0.3) is 0 Å². The fourth-order valence-corrected chi connectivity index (χ4v) is 1.27. The maximum Gasteiger partial charge on any atom is 0.416 e. The van der Waals surface area contributed by atoms with E-state index in [4.69, 9.17) is 5.11 Å². The number of carboxylic acid groups (broad SMARTS) is 1. The van der Waals surface area contributed by atoms with Crippen molar-refractivity contribution in [3.8, 4) is 0 Å². The molecule has 1 rings (SSSR count). The fourth-order valence-electron chi connectivity index (χ4n) is 1.27. The molecule has 3 nitrogen and oxygen atoms in total. The molecule has 0 amide bonds. The first-order chi connectivity index (χ1) is 8.20. The highest BCUT2D eigenvalue weighted by Gasteiger charge is 2.31. The SMILES string of the molecule is C[C@H](NCc1cc(F)cc(C(F)(F)F)c1)C(=O)O. The molecule has 0 saturated heterocycles. The minimum atomic E-state index is -4.63. The normalized spacial score (nSPS) is 13.4. The van der Waals surface area contributed by atoms with Gasteiger partial charge in [0.05, 0.1) is 5.56 Å². The van der Waals surface area contributed by atoms with E-state index in [1.54, 1.807) is 0 Å². The summed E-state index contributed by atoms with van der Waals surface area (Å²) in [7, 11) is 0. The van der Waals surface area contributed by atoms with Gasteiger partial charge in [0, 0.05) is 6.54 Å². The molecule has 0 aliphatic rings. The van der Waals surface area contributed by atoms with E-state index in [0.29, 0.717) is 6.07 Å². The number of carboxylic acids is 1. The van der Waals surface area contributed by atoms with E-state index in [-0.39, 0.29) is 12.1 Å². The van der Waals surface area contributed by atoms with Crippen LogP contribution in [0.15, 0.2) is 18.2 Å². The molecule has 0 spiro atoms. The van der Waals surface area contributed by atoms with E-state index in [0.717, 1.165) is 12.1 Å². The molecule has 1 atom stereocenters. The van der Waals surface area contributed by atoms with Crippen LogP contribution < -0.4 is 5.32 Å². The Kier molecular flexibility index (Phi) is 4.28. The van der Waals surface area contributed by atoms with Gasteiger partial charge < -0.3 is 10.4 Å². The first kappa shape index (κ1) is 14.4. The lowest BCUT2D eigenvalue weighted by Gasteiger charge is -2.12. The second-order valence-electron chi connectivity index (χ2n) is 3.79. The maximum atomic E-state index is 13.0. The minimum absolute atomic E-state index is 0.0374. The van der Waals surface area contributed by atoms with Crippen LogP contribution in [-0.4, -0.2) is 17.1 Å². The third-order valence-electron chi connectivity index (χ3n) is 2.27. The van der Waals surface area contributed by atoms with Crippen LogP contribution in [0, 0.1) is 5.82 Å². The number of hydrogen-bond acceptors (Lipinski definition) is 2. The number of hydrogen-bond donors (Lipinski definition) is 2. The highest BCUT2D eigenvalue weighted by Crippen LogP contribution is 2.30. The lowest BCUT2D eigenvalue weighted by molar-refractivity contribution is -0.139. The summed E-state index contributed by atoms with van der Waals surface area (Å²) in [5.74, 6) is -2.15. The molecule has 1 aromatic rings. The molecule has 0 fully saturated rings. The Bertz CT molecular complexity index is 445. The third kappa shape index (κ3) is 3.99. The molecule has 0 aliphatic carbocycles. The van der Waals surface area contributed by atoms with Crippen molar-refractivity contribution in [1.82, 2.24) is 5.32 Å². The van der Waals surface area contributed by atoms with Crippen LogP contribution in [-0.2, 0) is 17.5 Å². The van der Waals surface area contributed by atoms with Gasteiger partial charge in [0.15, 0.2) is 0 Å². The van der Waals surface area contributed by atoms with Crippen molar-refractivity contribution < 1.29 is 27.5 Å². The van der Waals surface area contributed by atoms with E-state index in [2.05, 4.69) is 5.32 Å². The molecule has 7 heteroatoms. The summed E-state index contributed by atoms with van der Waals surface area (Å²) in [6, 6.07) is 1.17. The van der Waals surface area contributed by atoms with Crippen molar-refractivity contribution in [3.05, 3.63) is 35.1 Å². The summed E-state index contributed by atoms with van der Waals surface area (Å²) < 4.78 is 50.2. The number of aliphatic carboxylic acids is 1. The summed E-state index contributed by atoms with van der Waals surface area (Å²) in [5.41, 5.74) is -1.06. The summed E-state index contributed by atoms with van der Waals surface area (Å²) in [6.07, 6.45) is -4.63. The summed E-state index contributed by atoms with van der Waals surface area (Å²) in [5, 5.41) is 11.1. The van der Waals surface area contributed by atoms with Gasteiger partial charge in [0.1, 0.15) is 11.9 Å². The third-order valence-corrected chi connectivity index (χ3v) is 2.27. The van der Waals surface area contributed by atoms with Gasteiger partial charge in [0.25, 0.3) is 0 Å². The zero-order chi connectivity index (χ0) is 13.9. The largest absolute Gasteiger partial charge is 0.480 e. The predicted molar refractivity (Wildman–Crippen MR) is 55.3 cm³/mol. The van der Waals surface area contributed by atoms with Crippen LogP contribution in [0.1, 0.15) is 18.1 Å². The van der Waals surface area contributed by atoms with Crippen molar-refractivity contribution in [2.24, 2.45) is 0 Å². The van der Waals surface area contributed by atoms with Crippen LogP contribution in [0.2, 0.25) is 0 Å². The number of rotatable bonds is 4. The first-order valence-corrected chi connectivity index (χ1v) is 5.03. The summed E-state index contributed by atoms with van der Waals surface area (Å²) in [4.78, 5) is 10.5. The van der Waals surface area contributed by atoms with Gasteiger partial charge in [0.2, 0.25) is 0 Å². The standard InChI is InChI=1S/C11H11F4NO2/c1-6(10(17)18)16-5-7-2-8(11(13,14)15)4-9(12)3-7/h2-4,6,16H,5H2,1H3,(H,17,18)/t6-/m0/s1. The van der Waals surface area contributed by atoms with Crippen molar-refractivity contribution in [3.63, 3.8) is 0 Å². The molecule has 100 valence electrons. The van der Waals surface area contributed by atoms with Gasteiger partial charge in [-0.15, -0.1) is 0 Å². The van der Waals surface area contributed by atoms with E-state index >= 15 is 0 Å². The molecule has 1 aromatic carbocycles. The number of benzene rings is 1. The lowest BCUT2D eigenvalue weighted by atomic mass is 10.1. The zero-order valence-corrected chi connectivity index (χ0v) is 9.38. The van der Waals surface area contributed by atoms with Gasteiger partial charge in [-0.05, 0) is 30.7 Å². The Balaban J connectivity index is 2.84. The van der Waals surface area contributed by atoms with Crippen molar-refractivity contribution in [2.75, 3.05) is 0 Å². The molecule has 18 heavy (non-hydrogen) atoms. The molecular formula is C11H11F4NO2. The van der Waals surface area contributed by atoms with Gasteiger partial charge >= 0.3 is 12.1 Å². The maximum absolute atomic E-state index is 13.0. The van der Waals surface area contributed by atoms with E-state index in [1.165, 1.54) is 6.92 Å².